The maximum Gasteiger partial charge on any atom is 0.275 e. The zero-order valence-electron chi connectivity index (χ0n) is 5.86. The maximum atomic E-state index is 11.7. The molecule has 0 atom stereocenters. The van der Waals surface area contributed by atoms with E-state index in [1.165, 1.54) is 6.92 Å². The molecular formula is C6H11F2N. The lowest BCUT2D eigenvalue weighted by atomic mass is 10.4. The standard InChI is InChI=1S/C6H11F2N/c1-4(2)9-5(3)6(7)8/h4,6H,1-3H3. The van der Waals surface area contributed by atoms with E-state index in [0.29, 0.717) is 0 Å². The van der Waals surface area contributed by atoms with Crippen molar-refractivity contribution in [2.24, 2.45) is 4.99 Å². The van der Waals surface area contributed by atoms with Crippen molar-refractivity contribution in [3.63, 3.8) is 0 Å². The first-order valence-electron chi connectivity index (χ1n) is 2.86. The fourth-order valence-corrected chi connectivity index (χ4v) is 0.464. The highest BCUT2D eigenvalue weighted by atomic mass is 19.3. The number of hydrogen-bond acceptors (Lipinski definition) is 1. The van der Waals surface area contributed by atoms with Crippen molar-refractivity contribution >= 4 is 5.71 Å². The predicted molar refractivity (Wildman–Crippen MR) is 34.2 cm³/mol. The molecule has 0 amide bonds. The van der Waals surface area contributed by atoms with E-state index in [0.717, 1.165) is 0 Å². The zero-order chi connectivity index (χ0) is 7.44. The monoisotopic (exact) mass is 135 g/mol. The second-order valence-electron chi connectivity index (χ2n) is 2.16. The molecule has 0 saturated heterocycles. The second kappa shape index (κ2) is 3.54. The van der Waals surface area contributed by atoms with Crippen LogP contribution >= 0.6 is 0 Å². The van der Waals surface area contributed by atoms with Crippen molar-refractivity contribution in [3.8, 4) is 0 Å². The van der Waals surface area contributed by atoms with Gasteiger partial charge in [-0.3, -0.25) is 4.99 Å². The molecule has 0 aliphatic carbocycles. The number of rotatable bonds is 2. The fourth-order valence-electron chi connectivity index (χ4n) is 0.464. The van der Waals surface area contributed by atoms with Crippen LogP contribution in [0.25, 0.3) is 0 Å². The molecule has 0 N–H and O–H groups in total. The normalized spacial score (nSPS) is 13.4. The summed E-state index contributed by atoms with van der Waals surface area (Å²) < 4.78 is 23.3. The van der Waals surface area contributed by atoms with E-state index >= 15 is 0 Å². The Balaban J connectivity index is 3.84. The smallest absolute Gasteiger partial charge is 0.275 e. The molecule has 0 radical (unpaired) electrons. The Morgan fingerprint density at radius 2 is 1.78 bits per heavy atom. The molecule has 1 nitrogen and oxygen atoms in total. The summed E-state index contributed by atoms with van der Waals surface area (Å²) in [5.41, 5.74) is -0.0787. The van der Waals surface area contributed by atoms with E-state index in [1.807, 2.05) is 0 Å². The van der Waals surface area contributed by atoms with Gasteiger partial charge in [0.05, 0.1) is 5.71 Å². The van der Waals surface area contributed by atoms with Gasteiger partial charge in [0.1, 0.15) is 0 Å². The highest BCUT2D eigenvalue weighted by molar-refractivity contribution is 5.84. The number of alkyl halides is 2. The van der Waals surface area contributed by atoms with Gasteiger partial charge >= 0.3 is 0 Å². The molecule has 54 valence electrons. The lowest BCUT2D eigenvalue weighted by Crippen LogP contribution is -2.07. The van der Waals surface area contributed by atoms with E-state index in [-0.39, 0.29) is 11.8 Å². The van der Waals surface area contributed by atoms with Crippen molar-refractivity contribution in [1.29, 1.82) is 0 Å². The molecule has 0 aromatic carbocycles. The molecule has 0 aromatic rings. The SMILES string of the molecule is CC(=NC(C)C)C(F)F. The average Bonchev–Trinajstić information content (AvgIpc) is 1.63. The van der Waals surface area contributed by atoms with Crippen LogP contribution in [0.15, 0.2) is 4.99 Å². The largest absolute Gasteiger partial charge is 0.286 e. The average molecular weight is 135 g/mol. The van der Waals surface area contributed by atoms with Gasteiger partial charge in [-0.2, -0.15) is 0 Å². The van der Waals surface area contributed by atoms with Gasteiger partial charge < -0.3 is 0 Å². The summed E-state index contributed by atoms with van der Waals surface area (Å²) in [5, 5.41) is 0. The molecule has 0 rings (SSSR count). The van der Waals surface area contributed by atoms with Gasteiger partial charge in [0, 0.05) is 6.04 Å². The Labute approximate surface area is 53.8 Å². The third kappa shape index (κ3) is 4.06. The van der Waals surface area contributed by atoms with E-state index in [4.69, 9.17) is 0 Å². The topological polar surface area (TPSA) is 12.4 Å². The summed E-state index contributed by atoms with van der Waals surface area (Å²) in [7, 11) is 0. The van der Waals surface area contributed by atoms with Crippen LogP contribution in [0.1, 0.15) is 20.8 Å². The van der Waals surface area contributed by atoms with Crippen molar-refractivity contribution in [3.05, 3.63) is 0 Å². The first-order chi connectivity index (χ1) is 4.04. The van der Waals surface area contributed by atoms with E-state index in [9.17, 15) is 8.78 Å². The van der Waals surface area contributed by atoms with Gasteiger partial charge in [-0.05, 0) is 20.8 Å². The Morgan fingerprint density at radius 1 is 1.33 bits per heavy atom. The molecule has 9 heavy (non-hydrogen) atoms. The fraction of sp³-hybridized carbons (Fsp3) is 0.833. The Kier molecular flexibility index (Phi) is 3.35. The van der Waals surface area contributed by atoms with Gasteiger partial charge in [0.15, 0.2) is 0 Å². The van der Waals surface area contributed by atoms with Gasteiger partial charge in [-0.1, -0.05) is 0 Å². The molecular weight excluding hydrogens is 124 g/mol. The minimum atomic E-state index is -2.40. The Bertz CT molecular complexity index is 108. The van der Waals surface area contributed by atoms with Gasteiger partial charge in [0.25, 0.3) is 6.43 Å². The summed E-state index contributed by atoms with van der Waals surface area (Å²) in [6.07, 6.45) is -2.40. The summed E-state index contributed by atoms with van der Waals surface area (Å²) >= 11 is 0. The summed E-state index contributed by atoms with van der Waals surface area (Å²) in [6.45, 7) is 4.88. The Morgan fingerprint density at radius 3 is 1.89 bits per heavy atom. The van der Waals surface area contributed by atoms with E-state index in [2.05, 4.69) is 4.99 Å². The second-order valence-corrected chi connectivity index (χ2v) is 2.16. The van der Waals surface area contributed by atoms with E-state index < -0.39 is 6.43 Å². The maximum absolute atomic E-state index is 11.7. The van der Waals surface area contributed by atoms with Crippen LogP contribution in [-0.2, 0) is 0 Å². The van der Waals surface area contributed by atoms with Crippen molar-refractivity contribution in [2.45, 2.75) is 33.2 Å². The van der Waals surface area contributed by atoms with Crippen LogP contribution in [-0.4, -0.2) is 18.2 Å². The Hall–Kier alpha value is -0.470. The molecule has 0 aliphatic heterocycles. The van der Waals surface area contributed by atoms with Crippen LogP contribution in [0.3, 0.4) is 0 Å². The number of aliphatic imine (C=N–C) groups is 1. The first-order valence-corrected chi connectivity index (χ1v) is 2.86. The lowest BCUT2D eigenvalue weighted by molar-refractivity contribution is 0.224. The molecule has 3 heteroatoms. The third-order valence-electron chi connectivity index (χ3n) is 0.778. The van der Waals surface area contributed by atoms with Crippen LogP contribution in [0.2, 0.25) is 0 Å². The van der Waals surface area contributed by atoms with Gasteiger partial charge in [-0.15, -0.1) is 0 Å². The zero-order valence-corrected chi connectivity index (χ0v) is 5.86. The first kappa shape index (κ1) is 8.53. The molecule has 0 aliphatic rings. The number of hydrogen-bond donors (Lipinski definition) is 0. The number of nitrogens with zero attached hydrogens (tertiary/aromatic N) is 1. The lowest BCUT2D eigenvalue weighted by Gasteiger charge is -1.99. The molecule has 0 saturated carbocycles. The molecule has 0 fully saturated rings. The summed E-state index contributed by atoms with van der Waals surface area (Å²) in [4.78, 5) is 3.64. The summed E-state index contributed by atoms with van der Waals surface area (Å²) in [6, 6.07) is -0.0287. The molecule has 0 aromatic heterocycles. The van der Waals surface area contributed by atoms with Crippen molar-refractivity contribution in [2.75, 3.05) is 0 Å². The van der Waals surface area contributed by atoms with Crippen LogP contribution in [0, 0.1) is 0 Å². The van der Waals surface area contributed by atoms with Crippen LogP contribution < -0.4 is 0 Å². The third-order valence-corrected chi connectivity index (χ3v) is 0.778. The minimum Gasteiger partial charge on any atom is -0.286 e. The van der Waals surface area contributed by atoms with Gasteiger partial charge in [0.2, 0.25) is 0 Å². The van der Waals surface area contributed by atoms with Crippen LogP contribution in [0.5, 0.6) is 0 Å². The van der Waals surface area contributed by atoms with E-state index in [1.54, 1.807) is 13.8 Å². The minimum absolute atomic E-state index is 0.0287. The predicted octanol–water partition coefficient (Wildman–Crippen LogP) is 2.12. The molecule has 0 unspecified atom stereocenters. The highest BCUT2D eigenvalue weighted by Crippen LogP contribution is 1.98. The highest BCUT2D eigenvalue weighted by Gasteiger charge is 2.05. The van der Waals surface area contributed by atoms with Crippen LogP contribution in [0.4, 0.5) is 8.78 Å². The van der Waals surface area contributed by atoms with Crippen molar-refractivity contribution < 1.29 is 8.78 Å². The van der Waals surface area contributed by atoms with Gasteiger partial charge in [-0.25, -0.2) is 8.78 Å². The molecule has 0 bridgehead atoms. The quantitative estimate of drug-likeness (QED) is 0.514. The molecule has 0 spiro atoms. The number of halogens is 2. The summed E-state index contributed by atoms with van der Waals surface area (Å²) in [5.74, 6) is 0. The van der Waals surface area contributed by atoms with Crippen molar-refractivity contribution in [1.82, 2.24) is 0 Å². The molecule has 0 heterocycles.